The summed E-state index contributed by atoms with van der Waals surface area (Å²) < 4.78 is 62.4. The van der Waals surface area contributed by atoms with Crippen LogP contribution in [0.2, 0.25) is 5.02 Å². The van der Waals surface area contributed by atoms with Crippen LogP contribution in [0.1, 0.15) is 31.7 Å². The van der Waals surface area contributed by atoms with E-state index >= 15 is 4.39 Å². The van der Waals surface area contributed by atoms with Gasteiger partial charge in [-0.1, -0.05) is 29.0 Å². The number of nitrogens with one attached hydrogen (secondary N) is 1. The van der Waals surface area contributed by atoms with Gasteiger partial charge in [0.2, 0.25) is 5.82 Å². The van der Waals surface area contributed by atoms with E-state index in [4.69, 9.17) is 21.4 Å². The lowest BCUT2D eigenvalue weighted by molar-refractivity contribution is -0.138. The monoisotopic (exact) mass is 657 g/mol. The van der Waals surface area contributed by atoms with Crippen LogP contribution in [0, 0.1) is 5.82 Å². The van der Waals surface area contributed by atoms with Crippen LogP contribution in [-0.2, 0) is 15.7 Å². The number of aromatic nitrogens is 3. The van der Waals surface area contributed by atoms with Crippen molar-refractivity contribution in [2.45, 2.75) is 44.5 Å². The number of ether oxygens (including phenoxy) is 1. The van der Waals surface area contributed by atoms with E-state index in [1.807, 2.05) is 16.7 Å². The summed E-state index contributed by atoms with van der Waals surface area (Å²) in [6, 6.07) is 3.64. The van der Waals surface area contributed by atoms with Crippen molar-refractivity contribution in [3.05, 3.63) is 40.9 Å². The molecule has 2 N–H and O–H groups in total. The summed E-state index contributed by atoms with van der Waals surface area (Å²) >= 11 is 7.08. The van der Waals surface area contributed by atoms with Crippen LogP contribution in [0.25, 0.3) is 11.3 Å². The van der Waals surface area contributed by atoms with Crippen LogP contribution in [-0.4, -0.2) is 89.5 Å². The topological polar surface area (TPSA) is 107 Å². The van der Waals surface area contributed by atoms with Gasteiger partial charge in [0, 0.05) is 58.0 Å². The Labute approximate surface area is 260 Å². The molecule has 0 aliphatic carbocycles. The van der Waals surface area contributed by atoms with Crippen molar-refractivity contribution in [2.75, 3.05) is 61.5 Å². The Hall–Kier alpha value is -3.27. The Morgan fingerprint density at radius 1 is 1.18 bits per heavy atom. The number of hydrogen-bond donors (Lipinski definition) is 2. The third kappa shape index (κ3) is 7.16. The van der Waals surface area contributed by atoms with Crippen molar-refractivity contribution in [1.82, 2.24) is 19.9 Å². The molecule has 2 aliphatic heterocycles. The molecule has 2 fully saturated rings. The second-order valence-corrected chi connectivity index (χ2v) is 12.1. The summed E-state index contributed by atoms with van der Waals surface area (Å²) in [5.41, 5.74) is -0.419. The molecule has 0 spiro atoms. The zero-order valence-corrected chi connectivity index (χ0v) is 25.6. The van der Waals surface area contributed by atoms with Gasteiger partial charge in [-0.3, -0.25) is 9.69 Å². The highest BCUT2D eigenvalue weighted by molar-refractivity contribution is 7.20. The number of nitrogens with zero attached hydrogens (tertiary/aromatic N) is 6. The second-order valence-electron chi connectivity index (χ2n) is 10.7. The summed E-state index contributed by atoms with van der Waals surface area (Å²) in [7, 11) is 1.65. The Kier molecular flexibility index (Phi) is 9.77. The first kappa shape index (κ1) is 32.1. The predicted octanol–water partition coefficient (Wildman–Crippen LogP) is 5.76. The average Bonchev–Trinajstić information content (AvgIpc) is 3.41. The summed E-state index contributed by atoms with van der Waals surface area (Å²) in [6.07, 6.45) is -1.84. The average molecular weight is 658 g/mol. The smallest absolute Gasteiger partial charge is 0.417 e. The highest BCUT2D eigenvalue weighted by Crippen LogP contribution is 2.44. The molecule has 4 heterocycles. The number of carboxylic acid groups (broad SMARTS) is 1. The predicted molar refractivity (Wildman–Crippen MR) is 161 cm³/mol. The van der Waals surface area contributed by atoms with E-state index in [1.165, 1.54) is 29.8 Å². The number of carbonyl (C=O) groups is 1. The second kappa shape index (κ2) is 13.4. The van der Waals surface area contributed by atoms with E-state index in [9.17, 15) is 18.0 Å². The normalized spacial score (nSPS) is 18.6. The zero-order chi connectivity index (χ0) is 31.6. The fraction of sp³-hybridized carbons (Fsp3) is 0.500. The molecule has 0 saturated carbocycles. The molecule has 2 saturated heterocycles. The number of piperidine rings is 1. The molecular weight excluding hydrogens is 626 g/mol. The molecule has 3 aromatic rings. The molecular formula is C28H32ClF4N7O3S. The van der Waals surface area contributed by atoms with Gasteiger partial charge in [-0.15, -0.1) is 0 Å². The van der Waals surface area contributed by atoms with Crippen LogP contribution in [0.4, 0.5) is 39.3 Å². The van der Waals surface area contributed by atoms with Crippen LogP contribution in [0.5, 0.6) is 0 Å². The third-order valence-corrected chi connectivity index (χ3v) is 9.25. The highest BCUT2D eigenvalue weighted by atomic mass is 35.5. The number of benzene rings is 1. The number of rotatable bonds is 9. The summed E-state index contributed by atoms with van der Waals surface area (Å²) in [4.78, 5) is 29.7. The van der Waals surface area contributed by atoms with Gasteiger partial charge in [-0.2, -0.15) is 17.6 Å². The number of aliphatic carboxylic acids is 1. The van der Waals surface area contributed by atoms with E-state index in [2.05, 4.69) is 20.3 Å². The van der Waals surface area contributed by atoms with Crippen LogP contribution in [0.3, 0.4) is 0 Å². The maximum atomic E-state index is 15.8. The van der Waals surface area contributed by atoms with Crippen molar-refractivity contribution in [2.24, 2.45) is 0 Å². The van der Waals surface area contributed by atoms with E-state index in [1.54, 1.807) is 12.0 Å². The Morgan fingerprint density at radius 3 is 2.59 bits per heavy atom. The number of halogens is 5. The fourth-order valence-electron chi connectivity index (χ4n) is 5.48. The molecule has 2 aromatic heterocycles. The van der Waals surface area contributed by atoms with Gasteiger partial charge in [-0.05, 0) is 31.9 Å². The molecule has 1 atom stereocenters. The largest absolute Gasteiger partial charge is 0.481 e. The molecule has 0 unspecified atom stereocenters. The molecule has 2 aliphatic rings. The fourth-order valence-corrected chi connectivity index (χ4v) is 6.75. The number of thiazole rings is 1. The molecule has 0 amide bonds. The lowest BCUT2D eigenvalue weighted by Gasteiger charge is -2.40. The molecule has 5 rings (SSSR count). The maximum Gasteiger partial charge on any atom is 0.417 e. The van der Waals surface area contributed by atoms with Crippen molar-refractivity contribution < 1.29 is 32.2 Å². The van der Waals surface area contributed by atoms with Gasteiger partial charge < -0.3 is 25.0 Å². The minimum absolute atomic E-state index is 0.0238. The first-order valence-corrected chi connectivity index (χ1v) is 15.3. The maximum absolute atomic E-state index is 15.8. The van der Waals surface area contributed by atoms with Crippen molar-refractivity contribution in [3.63, 3.8) is 0 Å². The van der Waals surface area contributed by atoms with E-state index in [-0.39, 0.29) is 40.9 Å². The Bertz CT molecular complexity index is 1490. The molecule has 10 nitrogen and oxygen atoms in total. The number of anilines is 4. The molecule has 1 aromatic carbocycles. The summed E-state index contributed by atoms with van der Waals surface area (Å²) in [6.45, 7) is 4.98. The molecule has 16 heteroatoms. The van der Waals surface area contributed by atoms with Crippen LogP contribution in [0.15, 0.2) is 24.5 Å². The summed E-state index contributed by atoms with van der Waals surface area (Å²) in [5.74, 6) is -1.59. The Balaban J connectivity index is 1.42. The van der Waals surface area contributed by atoms with Gasteiger partial charge in [0.15, 0.2) is 16.8 Å². The van der Waals surface area contributed by atoms with E-state index < -0.39 is 28.5 Å². The number of methoxy groups -OCH3 is 1. The van der Waals surface area contributed by atoms with Crippen molar-refractivity contribution >= 4 is 50.7 Å². The lowest BCUT2D eigenvalue weighted by Crippen LogP contribution is -2.52. The van der Waals surface area contributed by atoms with Crippen molar-refractivity contribution in [3.8, 4) is 11.3 Å². The first-order valence-electron chi connectivity index (χ1n) is 14.1. The first-order chi connectivity index (χ1) is 20.9. The van der Waals surface area contributed by atoms with E-state index in [0.717, 1.165) is 18.9 Å². The standard InChI is InChI=1S/C28H32ClF4N7O3S/c1-16-14-40(12-11-38(16)10-7-21(41)42)25-22(30)24(34-15-35-25)37-27-36-23(17-3-4-20(29)19(13-17)28(31,32)33)26(44-27)39-8-5-18(43-2)6-9-39/h3-4,13,15-16,18H,5-12,14H2,1-2H3,(H,41,42)(H,34,35,36,37)/t16-/m1/s1. The minimum atomic E-state index is -4.65. The third-order valence-electron chi connectivity index (χ3n) is 7.89. The van der Waals surface area contributed by atoms with Gasteiger partial charge in [0.05, 0.1) is 23.1 Å². The van der Waals surface area contributed by atoms with E-state index in [0.29, 0.717) is 50.0 Å². The van der Waals surface area contributed by atoms with Crippen LogP contribution >= 0.6 is 22.9 Å². The van der Waals surface area contributed by atoms with Gasteiger partial charge in [0.25, 0.3) is 0 Å². The minimum Gasteiger partial charge on any atom is -0.481 e. The summed E-state index contributed by atoms with van der Waals surface area (Å²) in [5, 5.41) is 12.4. The van der Waals surface area contributed by atoms with Gasteiger partial charge in [0.1, 0.15) is 17.0 Å². The molecule has 238 valence electrons. The molecule has 0 bridgehead atoms. The number of hydrogen-bond acceptors (Lipinski definition) is 10. The van der Waals surface area contributed by atoms with Crippen LogP contribution < -0.4 is 15.1 Å². The quantitative estimate of drug-likeness (QED) is 0.276. The molecule has 0 radical (unpaired) electrons. The van der Waals surface area contributed by atoms with Gasteiger partial charge in [-0.25, -0.2) is 15.0 Å². The SMILES string of the molecule is COC1CCN(c2sc(Nc3ncnc(N4CCN(CCC(=O)O)[C@H](C)C4)c3F)nc2-c2ccc(Cl)c(C(F)(F)F)c2)CC1. The van der Waals surface area contributed by atoms with Crippen molar-refractivity contribution in [1.29, 1.82) is 0 Å². The lowest BCUT2D eigenvalue weighted by atomic mass is 10.1. The van der Waals surface area contributed by atoms with Gasteiger partial charge >= 0.3 is 12.1 Å². The number of carboxylic acids is 1. The number of piperazine rings is 1. The number of alkyl halides is 3. The Morgan fingerprint density at radius 2 is 1.93 bits per heavy atom. The highest BCUT2D eigenvalue weighted by Gasteiger charge is 2.34. The molecule has 44 heavy (non-hydrogen) atoms. The zero-order valence-electron chi connectivity index (χ0n) is 24.1.